The van der Waals surface area contributed by atoms with Crippen LogP contribution in [0.4, 0.5) is 10.2 Å². The van der Waals surface area contributed by atoms with Gasteiger partial charge in [-0.25, -0.2) is 9.37 Å². The molecule has 3 saturated heterocycles. The van der Waals surface area contributed by atoms with Crippen molar-refractivity contribution in [3.63, 3.8) is 0 Å². The van der Waals surface area contributed by atoms with Crippen molar-refractivity contribution in [2.75, 3.05) is 25.2 Å². The number of alkyl halides is 1. The summed E-state index contributed by atoms with van der Waals surface area (Å²) in [5.41, 5.74) is 2.98. The predicted octanol–water partition coefficient (Wildman–Crippen LogP) is 2.95. The summed E-state index contributed by atoms with van der Waals surface area (Å²) in [7, 11) is 1.88. The van der Waals surface area contributed by atoms with Crippen LogP contribution in [0.3, 0.4) is 0 Å². The number of phenols is 1. The van der Waals surface area contributed by atoms with Gasteiger partial charge in [0, 0.05) is 36.5 Å². The van der Waals surface area contributed by atoms with Gasteiger partial charge in [0.1, 0.15) is 17.7 Å². The van der Waals surface area contributed by atoms with Gasteiger partial charge in [-0.2, -0.15) is 5.10 Å². The number of halogens is 1. The number of piperidine rings is 1. The number of benzene rings is 1. The molecule has 1 aromatic carbocycles. The molecule has 0 aliphatic carbocycles. The van der Waals surface area contributed by atoms with E-state index in [1.54, 1.807) is 24.7 Å². The Labute approximate surface area is 191 Å². The second kappa shape index (κ2) is 8.07. The normalized spacial score (nSPS) is 26.8. The largest absolute Gasteiger partial charge is 0.507 e. The Bertz CT molecular complexity index is 1150. The number of phenolic OH excluding ortho intramolecular Hbond substituents is 1. The molecule has 8 nitrogen and oxygen atoms in total. The summed E-state index contributed by atoms with van der Waals surface area (Å²) in [4.78, 5) is 11.0. The zero-order valence-corrected chi connectivity index (χ0v) is 18.4. The smallest absolute Gasteiger partial charge is 0.147 e. The predicted molar refractivity (Wildman–Crippen MR) is 122 cm³/mol. The number of hydrogen-bond donors (Lipinski definition) is 2. The van der Waals surface area contributed by atoms with E-state index < -0.39 is 6.17 Å². The van der Waals surface area contributed by atoms with Crippen molar-refractivity contribution in [1.29, 1.82) is 0 Å². The summed E-state index contributed by atoms with van der Waals surface area (Å²) >= 11 is 0. The molecule has 3 aromatic rings. The SMILES string of the molecule is CN(c1cnc(-c2ccc(-c3cnn(C4COC4)c3)cc2O)cn1)[C@@H]1C[C@H]2CC[C@H](N2)[C@@H]1F. The maximum absolute atomic E-state index is 14.9. The number of rotatable bonds is 5. The lowest BCUT2D eigenvalue weighted by Gasteiger charge is -2.38. The van der Waals surface area contributed by atoms with E-state index in [0.29, 0.717) is 36.3 Å². The van der Waals surface area contributed by atoms with Gasteiger partial charge in [-0.3, -0.25) is 9.67 Å². The molecule has 0 unspecified atom stereocenters. The van der Waals surface area contributed by atoms with Crippen molar-refractivity contribution in [3.05, 3.63) is 43.0 Å². The molecule has 4 atom stereocenters. The first-order valence-electron chi connectivity index (χ1n) is 11.5. The average Bonchev–Trinajstić information content (AvgIpc) is 3.43. The van der Waals surface area contributed by atoms with Crippen LogP contribution in [0.25, 0.3) is 22.4 Å². The van der Waals surface area contributed by atoms with E-state index in [1.165, 1.54) is 0 Å². The van der Waals surface area contributed by atoms with Gasteiger partial charge in [0.2, 0.25) is 0 Å². The fraction of sp³-hybridized carbons (Fsp3) is 0.458. The standard InChI is InChI=1S/C24H27FN6O2/c1-30(21-7-16-3-5-19(29-16)24(21)25)23-10-26-20(9-27-23)18-4-2-14(6-22(18)32)15-8-28-31(11-15)17-12-33-13-17/h2,4,6,8-11,16-17,19,21,24,29,32H,3,5,7,12-13H2,1H3/t16-,19+,21-,24+/m1/s1. The fourth-order valence-corrected chi connectivity index (χ4v) is 5.15. The van der Waals surface area contributed by atoms with Crippen molar-refractivity contribution in [3.8, 4) is 28.1 Å². The van der Waals surface area contributed by atoms with Gasteiger partial charge >= 0.3 is 0 Å². The fourth-order valence-electron chi connectivity index (χ4n) is 5.15. The molecule has 9 heteroatoms. The molecule has 3 aliphatic rings. The van der Waals surface area contributed by atoms with Gasteiger partial charge in [0.15, 0.2) is 0 Å². The summed E-state index contributed by atoms with van der Waals surface area (Å²) < 4.78 is 22.0. The molecule has 6 rings (SSSR count). The molecule has 0 spiro atoms. The van der Waals surface area contributed by atoms with Gasteiger partial charge in [0.25, 0.3) is 0 Å². The molecule has 172 valence electrons. The third-order valence-corrected chi connectivity index (χ3v) is 7.25. The average molecular weight is 451 g/mol. The van der Waals surface area contributed by atoms with E-state index in [2.05, 4.69) is 20.4 Å². The monoisotopic (exact) mass is 450 g/mol. The summed E-state index contributed by atoms with van der Waals surface area (Å²) in [6.07, 6.45) is 8.83. The van der Waals surface area contributed by atoms with Crippen molar-refractivity contribution in [1.82, 2.24) is 25.1 Å². The van der Waals surface area contributed by atoms with E-state index in [0.717, 1.165) is 30.4 Å². The summed E-state index contributed by atoms with van der Waals surface area (Å²) in [5.74, 6) is 0.762. The lowest BCUT2D eigenvalue weighted by Crippen LogP contribution is -2.55. The number of nitrogens with one attached hydrogen (secondary N) is 1. The van der Waals surface area contributed by atoms with Gasteiger partial charge in [-0.1, -0.05) is 6.07 Å². The minimum Gasteiger partial charge on any atom is -0.507 e. The number of anilines is 1. The highest BCUT2D eigenvalue weighted by Gasteiger charge is 2.43. The van der Waals surface area contributed by atoms with Gasteiger partial charge in [-0.05, 0) is 37.0 Å². The lowest BCUT2D eigenvalue weighted by atomic mass is 9.96. The maximum Gasteiger partial charge on any atom is 0.147 e. The van der Waals surface area contributed by atoms with Crippen LogP contribution in [0.15, 0.2) is 43.0 Å². The third kappa shape index (κ3) is 3.65. The van der Waals surface area contributed by atoms with Crippen LogP contribution >= 0.6 is 0 Å². The molecule has 2 N–H and O–H groups in total. The van der Waals surface area contributed by atoms with Crippen LogP contribution in [-0.4, -0.2) is 69.4 Å². The number of nitrogens with zero attached hydrogens (tertiary/aromatic N) is 5. The number of fused-ring (bicyclic) bond motifs is 2. The molecule has 5 heterocycles. The van der Waals surface area contributed by atoms with Crippen LogP contribution in [-0.2, 0) is 4.74 Å². The minimum absolute atomic E-state index is 0.0620. The topological polar surface area (TPSA) is 88.3 Å². The lowest BCUT2D eigenvalue weighted by molar-refractivity contribution is -0.0286. The first-order valence-corrected chi connectivity index (χ1v) is 11.5. The summed E-state index contributed by atoms with van der Waals surface area (Å²) in [6, 6.07) is 5.89. The molecule has 3 aliphatic heterocycles. The van der Waals surface area contributed by atoms with Crippen molar-refractivity contribution in [2.24, 2.45) is 0 Å². The highest BCUT2D eigenvalue weighted by Crippen LogP contribution is 2.35. The minimum atomic E-state index is -0.923. The molecule has 0 radical (unpaired) electrons. The highest BCUT2D eigenvalue weighted by molar-refractivity contribution is 5.73. The van der Waals surface area contributed by atoms with Crippen LogP contribution in [0, 0.1) is 0 Å². The quantitative estimate of drug-likeness (QED) is 0.618. The summed E-state index contributed by atoms with van der Waals surface area (Å²) in [6.45, 7) is 1.36. The van der Waals surface area contributed by atoms with E-state index in [1.807, 2.05) is 35.0 Å². The number of aromatic hydroxyl groups is 1. The van der Waals surface area contributed by atoms with Crippen molar-refractivity contribution >= 4 is 5.82 Å². The van der Waals surface area contributed by atoms with Crippen LogP contribution < -0.4 is 10.2 Å². The van der Waals surface area contributed by atoms with Crippen molar-refractivity contribution in [2.45, 2.75) is 49.6 Å². The molecular formula is C24H27FN6O2. The second-order valence-electron chi connectivity index (χ2n) is 9.30. The first-order chi connectivity index (χ1) is 16.1. The molecule has 0 amide bonds. The van der Waals surface area contributed by atoms with Crippen molar-refractivity contribution < 1.29 is 14.2 Å². The maximum atomic E-state index is 14.9. The molecule has 2 aromatic heterocycles. The van der Waals surface area contributed by atoms with E-state index in [9.17, 15) is 9.50 Å². The molecule has 0 saturated carbocycles. The zero-order chi connectivity index (χ0) is 22.5. The Morgan fingerprint density at radius 2 is 2.03 bits per heavy atom. The van der Waals surface area contributed by atoms with Gasteiger partial charge < -0.3 is 20.1 Å². The van der Waals surface area contributed by atoms with Crippen LogP contribution in [0.5, 0.6) is 5.75 Å². The van der Waals surface area contributed by atoms with E-state index >= 15 is 0 Å². The van der Waals surface area contributed by atoms with Gasteiger partial charge in [0.05, 0.1) is 49.6 Å². The highest BCUT2D eigenvalue weighted by atomic mass is 19.1. The Hall–Kier alpha value is -3.04. The first kappa shape index (κ1) is 20.6. The Balaban J connectivity index is 1.19. The van der Waals surface area contributed by atoms with Crippen LogP contribution in [0.2, 0.25) is 0 Å². The third-order valence-electron chi connectivity index (χ3n) is 7.25. The molecular weight excluding hydrogens is 423 g/mol. The number of aromatic nitrogens is 4. The molecule has 3 fully saturated rings. The summed E-state index contributed by atoms with van der Waals surface area (Å²) in [5, 5.41) is 18.5. The molecule has 2 bridgehead atoms. The zero-order valence-electron chi connectivity index (χ0n) is 18.4. The van der Waals surface area contributed by atoms with E-state index in [4.69, 9.17) is 4.74 Å². The number of hydrogen-bond acceptors (Lipinski definition) is 7. The Morgan fingerprint density at radius 1 is 1.15 bits per heavy atom. The van der Waals surface area contributed by atoms with E-state index in [-0.39, 0.29) is 23.9 Å². The number of ether oxygens (including phenoxy) is 1. The Morgan fingerprint density at radius 3 is 2.76 bits per heavy atom. The van der Waals surface area contributed by atoms with Gasteiger partial charge in [-0.15, -0.1) is 0 Å². The van der Waals surface area contributed by atoms with Crippen LogP contribution in [0.1, 0.15) is 25.3 Å². The Kier molecular flexibility index (Phi) is 5.03. The second-order valence-corrected chi connectivity index (χ2v) is 9.30. The molecule has 33 heavy (non-hydrogen) atoms.